The van der Waals surface area contributed by atoms with Crippen LogP contribution in [-0.4, -0.2) is 42.2 Å². The summed E-state index contributed by atoms with van der Waals surface area (Å²) in [6.45, 7) is 14.1. The first-order valence-corrected chi connectivity index (χ1v) is 10.2. The summed E-state index contributed by atoms with van der Waals surface area (Å²) in [6.07, 6.45) is 4.94. The Bertz CT molecular complexity index is 750. The van der Waals surface area contributed by atoms with Gasteiger partial charge in [-0.25, -0.2) is 0 Å². The lowest BCUT2D eigenvalue weighted by molar-refractivity contribution is 0.244. The van der Waals surface area contributed by atoms with Crippen molar-refractivity contribution in [3.63, 3.8) is 0 Å². The van der Waals surface area contributed by atoms with Crippen LogP contribution in [0.3, 0.4) is 0 Å². The molecule has 0 unspecified atom stereocenters. The fourth-order valence-electron chi connectivity index (χ4n) is 4.84. The Labute approximate surface area is 152 Å². The highest BCUT2D eigenvalue weighted by molar-refractivity contribution is 5.89. The highest BCUT2D eigenvalue weighted by Crippen LogP contribution is 2.34. The zero-order valence-electron chi connectivity index (χ0n) is 16.2. The van der Waals surface area contributed by atoms with Crippen molar-refractivity contribution in [1.82, 2.24) is 14.8 Å². The molecule has 0 aliphatic carbocycles. The minimum absolute atomic E-state index is 0.723. The molecule has 0 amide bonds. The van der Waals surface area contributed by atoms with E-state index in [9.17, 15) is 0 Å². The molecule has 2 aliphatic rings. The third-order valence-electron chi connectivity index (χ3n) is 6.04. The molecule has 1 saturated heterocycles. The van der Waals surface area contributed by atoms with Crippen molar-refractivity contribution in [3.8, 4) is 0 Å². The molecule has 3 nitrogen and oxygen atoms in total. The lowest BCUT2D eigenvalue weighted by Crippen LogP contribution is -2.44. The Kier molecular flexibility index (Phi) is 4.88. The van der Waals surface area contributed by atoms with E-state index in [1.54, 1.807) is 27.6 Å². The third kappa shape index (κ3) is 3.37. The monoisotopic (exact) mass is 339 g/mol. The van der Waals surface area contributed by atoms with E-state index < -0.39 is 0 Å². The van der Waals surface area contributed by atoms with Crippen molar-refractivity contribution in [2.45, 2.75) is 53.0 Å². The van der Waals surface area contributed by atoms with Crippen LogP contribution in [0.4, 0.5) is 0 Å². The quantitative estimate of drug-likeness (QED) is 0.899. The molecule has 1 aromatic carbocycles. The van der Waals surface area contributed by atoms with Crippen LogP contribution in [0.2, 0.25) is 0 Å². The number of rotatable bonds is 5. The van der Waals surface area contributed by atoms with Gasteiger partial charge in [0.05, 0.1) is 5.52 Å². The maximum absolute atomic E-state index is 3.46. The van der Waals surface area contributed by atoms with Gasteiger partial charge < -0.3 is 14.8 Å². The van der Waals surface area contributed by atoms with Crippen LogP contribution in [0.1, 0.15) is 42.7 Å². The van der Waals surface area contributed by atoms with Crippen molar-refractivity contribution in [1.29, 1.82) is 0 Å². The van der Waals surface area contributed by atoms with Crippen molar-refractivity contribution >= 4 is 10.9 Å². The fraction of sp³-hybridized carbons (Fsp3) is 0.636. The molecule has 1 N–H and O–H groups in total. The van der Waals surface area contributed by atoms with Gasteiger partial charge in [0.15, 0.2) is 0 Å². The first-order valence-electron chi connectivity index (χ1n) is 10.2. The second-order valence-corrected chi connectivity index (χ2v) is 8.41. The van der Waals surface area contributed by atoms with E-state index in [2.05, 4.69) is 47.7 Å². The fourth-order valence-corrected chi connectivity index (χ4v) is 4.84. The standard InChI is InChI=1S/C22H33N3/c1-16(2)13-18-14-19-5-4-9-25-17(3)20(21(15-18)22(19)25)6-10-24-11-7-23-8-12-24/h14-16,23H,4-13H2,1-3H3. The summed E-state index contributed by atoms with van der Waals surface area (Å²) in [7, 11) is 0. The topological polar surface area (TPSA) is 20.2 Å². The highest BCUT2D eigenvalue weighted by atomic mass is 15.2. The Morgan fingerprint density at radius 3 is 2.68 bits per heavy atom. The van der Waals surface area contributed by atoms with Crippen molar-refractivity contribution in [2.24, 2.45) is 5.92 Å². The van der Waals surface area contributed by atoms with E-state index in [1.807, 2.05) is 0 Å². The molecular weight excluding hydrogens is 306 g/mol. The van der Waals surface area contributed by atoms with Crippen LogP contribution in [0.25, 0.3) is 10.9 Å². The number of benzene rings is 1. The number of nitrogens with zero attached hydrogens (tertiary/aromatic N) is 2. The molecule has 25 heavy (non-hydrogen) atoms. The molecule has 3 heterocycles. The molecule has 0 spiro atoms. The lowest BCUT2D eigenvalue weighted by atomic mass is 9.94. The summed E-state index contributed by atoms with van der Waals surface area (Å²) in [5, 5.41) is 5.02. The Morgan fingerprint density at radius 1 is 1.12 bits per heavy atom. The van der Waals surface area contributed by atoms with Crippen LogP contribution in [0.15, 0.2) is 12.1 Å². The van der Waals surface area contributed by atoms with E-state index in [1.165, 1.54) is 57.6 Å². The van der Waals surface area contributed by atoms with E-state index in [-0.39, 0.29) is 0 Å². The zero-order valence-corrected chi connectivity index (χ0v) is 16.2. The largest absolute Gasteiger partial charge is 0.344 e. The summed E-state index contributed by atoms with van der Waals surface area (Å²) < 4.78 is 2.61. The van der Waals surface area contributed by atoms with Gasteiger partial charge in [-0.2, -0.15) is 0 Å². The molecule has 0 bridgehead atoms. The summed E-state index contributed by atoms with van der Waals surface area (Å²) >= 11 is 0. The molecule has 2 aliphatic heterocycles. The molecule has 1 fully saturated rings. The van der Waals surface area contributed by atoms with Crippen LogP contribution < -0.4 is 5.32 Å². The van der Waals surface area contributed by atoms with Gasteiger partial charge in [-0.15, -0.1) is 0 Å². The molecular formula is C22H33N3. The van der Waals surface area contributed by atoms with Gasteiger partial charge in [-0.3, -0.25) is 0 Å². The number of nitrogens with one attached hydrogen (secondary N) is 1. The van der Waals surface area contributed by atoms with Crippen molar-refractivity contribution in [2.75, 3.05) is 32.7 Å². The molecule has 3 heteroatoms. The maximum Gasteiger partial charge on any atom is 0.0518 e. The average Bonchev–Trinajstić information content (AvgIpc) is 2.87. The molecule has 136 valence electrons. The SMILES string of the molecule is Cc1c(CCN2CCNCC2)c2cc(CC(C)C)cc3c2n1CCC3. The third-order valence-corrected chi connectivity index (χ3v) is 6.04. The van der Waals surface area contributed by atoms with Crippen molar-refractivity contribution in [3.05, 3.63) is 34.5 Å². The van der Waals surface area contributed by atoms with Gasteiger partial charge in [0, 0.05) is 50.3 Å². The normalized spacial score (nSPS) is 18.4. The molecule has 0 atom stereocenters. The van der Waals surface area contributed by atoms with Gasteiger partial charge in [-0.05, 0) is 61.3 Å². The molecule has 2 aromatic rings. The Balaban J connectivity index is 1.69. The molecule has 0 saturated carbocycles. The van der Waals surface area contributed by atoms with E-state index in [0.717, 1.165) is 19.0 Å². The number of hydrogen-bond donors (Lipinski definition) is 1. The van der Waals surface area contributed by atoms with Crippen LogP contribution in [0.5, 0.6) is 0 Å². The minimum Gasteiger partial charge on any atom is -0.344 e. The van der Waals surface area contributed by atoms with Crippen LogP contribution in [-0.2, 0) is 25.8 Å². The Hall–Kier alpha value is -1.32. The van der Waals surface area contributed by atoms with E-state index in [0.29, 0.717) is 0 Å². The predicted molar refractivity (Wildman–Crippen MR) is 107 cm³/mol. The van der Waals surface area contributed by atoms with Gasteiger partial charge in [-0.1, -0.05) is 19.9 Å². The van der Waals surface area contributed by atoms with Crippen LogP contribution in [0, 0.1) is 12.8 Å². The highest BCUT2D eigenvalue weighted by Gasteiger charge is 2.21. The van der Waals surface area contributed by atoms with Gasteiger partial charge in [0.1, 0.15) is 0 Å². The van der Waals surface area contributed by atoms with Gasteiger partial charge in [0.2, 0.25) is 0 Å². The smallest absolute Gasteiger partial charge is 0.0518 e. The zero-order chi connectivity index (χ0) is 17.4. The van der Waals surface area contributed by atoms with E-state index in [4.69, 9.17) is 0 Å². The lowest BCUT2D eigenvalue weighted by Gasteiger charge is -2.27. The van der Waals surface area contributed by atoms with E-state index >= 15 is 0 Å². The van der Waals surface area contributed by atoms with Gasteiger partial charge in [0.25, 0.3) is 0 Å². The molecule has 1 aromatic heterocycles. The minimum atomic E-state index is 0.723. The summed E-state index contributed by atoms with van der Waals surface area (Å²) in [6, 6.07) is 5.01. The Morgan fingerprint density at radius 2 is 1.92 bits per heavy atom. The van der Waals surface area contributed by atoms with Crippen LogP contribution >= 0.6 is 0 Å². The van der Waals surface area contributed by atoms with Crippen molar-refractivity contribution < 1.29 is 0 Å². The summed E-state index contributed by atoms with van der Waals surface area (Å²) in [5.41, 5.74) is 7.82. The number of aryl methyl sites for hydroxylation is 2. The maximum atomic E-state index is 3.46. The first kappa shape index (κ1) is 17.1. The predicted octanol–water partition coefficient (Wildman–Crippen LogP) is 3.54. The number of aromatic nitrogens is 1. The second-order valence-electron chi connectivity index (χ2n) is 8.41. The number of hydrogen-bond acceptors (Lipinski definition) is 2. The number of piperazine rings is 1. The molecule has 0 radical (unpaired) electrons. The summed E-state index contributed by atoms with van der Waals surface area (Å²) in [5.74, 6) is 0.723. The second kappa shape index (κ2) is 7.13. The average molecular weight is 340 g/mol. The molecule has 4 rings (SSSR count). The first-order chi connectivity index (χ1) is 12.1. The van der Waals surface area contributed by atoms with Gasteiger partial charge >= 0.3 is 0 Å². The summed E-state index contributed by atoms with van der Waals surface area (Å²) in [4.78, 5) is 2.62.